The van der Waals surface area contributed by atoms with E-state index in [-0.39, 0.29) is 0 Å². The first-order valence-corrected chi connectivity index (χ1v) is 9.24. The largest absolute Gasteiger partial charge is 0.465 e. The number of aromatic nitrogens is 2. The second-order valence-corrected chi connectivity index (χ2v) is 6.78. The maximum absolute atomic E-state index is 12.7. The summed E-state index contributed by atoms with van der Waals surface area (Å²) in [6, 6.07) is 17.4. The van der Waals surface area contributed by atoms with Crippen molar-refractivity contribution in [3.05, 3.63) is 83.7 Å². The van der Waals surface area contributed by atoms with Gasteiger partial charge in [-0.3, -0.25) is 5.32 Å². The Labute approximate surface area is 174 Å². The number of hydrogen-bond acceptors (Lipinski definition) is 2. The summed E-state index contributed by atoms with van der Waals surface area (Å²) in [4.78, 5) is 18.6. The number of fused-ring (bicyclic) bond motifs is 1. The van der Waals surface area contributed by atoms with Gasteiger partial charge in [-0.05, 0) is 47.5 Å². The molecule has 0 aliphatic heterocycles. The molecule has 0 saturated carbocycles. The topological polar surface area (TPSA) is 78.0 Å². The van der Waals surface area contributed by atoms with Gasteiger partial charge < -0.3 is 10.1 Å². The monoisotopic (exact) mass is 423 g/mol. The maximum atomic E-state index is 12.7. The number of amides is 1. The molecule has 1 heterocycles. The van der Waals surface area contributed by atoms with Gasteiger partial charge in [0, 0.05) is 5.56 Å². The Bertz CT molecular complexity index is 1280. The Balaban J connectivity index is 1.60. The summed E-state index contributed by atoms with van der Waals surface area (Å²) in [5.74, 6) is 0.545. The molecule has 0 fully saturated rings. The van der Waals surface area contributed by atoms with Gasteiger partial charge in [0.05, 0.1) is 22.3 Å². The molecule has 0 aliphatic carbocycles. The number of nitrogens with one attached hydrogen (secondary N) is 2. The first-order chi connectivity index (χ1) is 14.8. The van der Waals surface area contributed by atoms with E-state index in [1.54, 1.807) is 24.3 Å². The van der Waals surface area contributed by atoms with E-state index in [0.717, 1.165) is 28.8 Å². The number of imidazole rings is 1. The number of hydrogen-bond donors (Lipinski definition) is 3. The number of halogens is 3. The van der Waals surface area contributed by atoms with Crippen LogP contribution >= 0.6 is 0 Å². The maximum Gasteiger partial charge on any atom is 0.416 e. The lowest BCUT2D eigenvalue weighted by atomic mass is 10.0. The van der Waals surface area contributed by atoms with Crippen molar-refractivity contribution >= 4 is 35.0 Å². The Kier molecular flexibility index (Phi) is 5.21. The lowest BCUT2D eigenvalue weighted by Crippen LogP contribution is -2.08. The van der Waals surface area contributed by atoms with Crippen LogP contribution in [0.5, 0.6) is 0 Å². The van der Waals surface area contributed by atoms with Crippen LogP contribution in [0.4, 0.5) is 23.7 Å². The van der Waals surface area contributed by atoms with Crippen LogP contribution in [0.1, 0.15) is 17.0 Å². The van der Waals surface area contributed by atoms with Crippen molar-refractivity contribution < 1.29 is 23.1 Å². The molecule has 3 aromatic carbocycles. The summed E-state index contributed by atoms with van der Waals surface area (Å²) >= 11 is 0. The van der Waals surface area contributed by atoms with Gasteiger partial charge in [-0.2, -0.15) is 13.2 Å². The zero-order chi connectivity index (χ0) is 22.0. The quantitative estimate of drug-likeness (QED) is 0.350. The molecule has 1 aromatic heterocycles. The molecule has 3 N–H and O–H groups in total. The fraction of sp³-hybridized carbons (Fsp3) is 0.0435. The lowest BCUT2D eigenvalue weighted by Gasteiger charge is -2.09. The molecule has 4 rings (SSSR count). The number of carbonyl (C=O) groups is 1. The minimum absolute atomic E-state index is 0.469. The average Bonchev–Trinajstić information content (AvgIpc) is 3.14. The number of anilines is 1. The predicted octanol–water partition coefficient (Wildman–Crippen LogP) is 6.51. The zero-order valence-corrected chi connectivity index (χ0v) is 15.9. The van der Waals surface area contributed by atoms with E-state index in [2.05, 4.69) is 15.3 Å². The average molecular weight is 423 g/mol. The predicted molar refractivity (Wildman–Crippen MR) is 114 cm³/mol. The van der Waals surface area contributed by atoms with E-state index >= 15 is 0 Å². The zero-order valence-electron chi connectivity index (χ0n) is 15.9. The minimum Gasteiger partial charge on any atom is -0.465 e. The highest BCUT2D eigenvalue weighted by molar-refractivity contribution is 5.92. The molecular weight excluding hydrogens is 407 g/mol. The number of para-hydroxylation sites is 1. The minimum atomic E-state index is -4.36. The number of carboxylic acid groups (broad SMARTS) is 1. The van der Waals surface area contributed by atoms with Gasteiger partial charge in [0.1, 0.15) is 5.82 Å². The molecule has 0 radical (unpaired) electrons. The normalized spacial score (nSPS) is 11.8. The van der Waals surface area contributed by atoms with Gasteiger partial charge in [-0.25, -0.2) is 9.78 Å². The summed E-state index contributed by atoms with van der Waals surface area (Å²) in [6.45, 7) is 0. The van der Waals surface area contributed by atoms with E-state index in [9.17, 15) is 18.0 Å². The summed E-state index contributed by atoms with van der Waals surface area (Å²) in [5.41, 5.74) is 3.37. The standard InChI is InChI=1S/C23H16F3N3O2/c24-23(25,26)16-9-5-14(6-10-16)7-12-21-27-19-11-8-15(13-20(19)28-21)17-3-1-2-4-18(17)29-22(30)31/h1-13,29H,(H,27,28)(H,30,31). The fourth-order valence-electron chi connectivity index (χ4n) is 3.19. The van der Waals surface area contributed by atoms with Crippen molar-refractivity contribution in [1.29, 1.82) is 0 Å². The van der Waals surface area contributed by atoms with E-state index in [1.807, 2.05) is 30.3 Å². The molecule has 31 heavy (non-hydrogen) atoms. The summed E-state index contributed by atoms with van der Waals surface area (Å²) < 4.78 is 38.0. The molecule has 0 atom stereocenters. The third-order valence-electron chi connectivity index (χ3n) is 4.65. The van der Waals surface area contributed by atoms with E-state index in [4.69, 9.17) is 5.11 Å². The van der Waals surface area contributed by atoms with Crippen molar-refractivity contribution in [3.8, 4) is 11.1 Å². The van der Waals surface area contributed by atoms with E-state index < -0.39 is 17.8 Å². The Morgan fingerprint density at radius 1 is 1.00 bits per heavy atom. The Morgan fingerprint density at radius 2 is 1.74 bits per heavy atom. The molecule has 5 nitrogen and oxygen atoms in total. The van der Waals surface area contributed by atoms with Crippen molar-refractivity contribution in [3.63, 3.8) is 0 Å². The van der Waals surface area contributed by atoms with E-state index in [0.29, 0.717) is 22.6 Å². The molecule has 1 amide bonds. The molecule has 4 aromatic rings. The Hall–Kier alpha value is -4.07. The van der Waals surface area contributed by atoms with Crippen molar-refractivity contribution in [2.75, 3.05) is 5.32 Å². The van der Waals surface area contributed by atoms with Crippen LogP contribution in [0.15, 0.2) is 66.7 Å². The van der Waals surface area contributed by atoms with Crippen LogP contribution in [0.25, 0.3) is 34.3 Å². The van der Waals surface area contributed by atoms with E-state index in [1.165, 1.54) is 12.1 Å². The number of alkyl halides is 3. The molecule has 0 saturated heterocycles. The second-order valence-electron chi connectivity index (χ2n) is 6.78. The van der Waals surface area contributed by atoms with Crippen molar-refractivity contribution in [2.45, 2.75) is 6.18 Å². The van der Waals surface area contributed by atoms with Gasteiger partial charge in [-0.1, -0.05) is 42.5 Å². The number of H-pyrrole nitrogens is 1. The SMILES string of the molecule is O=C(O)Nc1ccccc1-c1ccc2nc(C=Cc3ccc(C(F)(F)F)cc3)[nH]c2c1. The molecule has 0 bridgehead atoms. The smallest absolute Gasteiger partial charge is 0.416 e. The summed E-state index contributed by atoms with van der Waals surface area (Å²) in [5, 5.41) is 11.4. The van der Waals surface area contributed by atoms with Gasteiger partial charge in [0.2, 0.25) is 0 Å². The first kappa shape index (κ1) is 20.2. The van der Waals surface area contributed by atoms with Crippen LogP contribution in [0.2, 0.25) is 0 Å². The third-order valence-corrected chi connectivity index (χ3v) is 4.65. The number of nitrogens with zero attached hydrogens (tertiary/aromatic N) is 1. The fourth-order valence-corrected chi connectivity index (χ4v) is 3.19. The van der Waals surface area contributed by atoms with Crippen molar-refractivity contribution in [1.82, 2.24) is 9.97 Å². The second kappa shape index (κ2) is 7.98. The highest BCUT2D eigenvalue weighted by atomic mass is 19.4. The molecule has 0 spiro atoms. The summed E-state index contributed by atoms with van der Waals surface area (Å²) in [7, 11) is 0. The third kappa shape index (κ3) is 4.58. The number of rotatable bonds is 4. The van der Waals surface area contributed by atoms with Gasteiger partial charge >= 0.3 is 12.3 Å². The highest BCUT2D eigenvalue weighted by Gasteiger charge is 2.29. The van der Waals surface area contributed by atoms with Crippen LogP contribution < -0.4 is 5.32 Å². The van der Waals surface area contributed by atoms with Gasteiger partial charge in [0.25, 0.3) is 0 Å². The lowest BCUT2D eigenvalue weighted by molar-refractivity contribution is -0.137. The molecule has 156 valence electrons. The van der Waals surface area contributed by atoms with Crippen molar-refractivity contribution in [2.24, 2.45) is 0 Å². The molecule has 0 unspecified atom stereocenters. The molecular formula is C23H16F3N3O2. The van der Waals surface area contributed by atoms with Crippen LogP contribution in [-0.2, 0) is 6.18 Å². The molecule has 8 heteroatoms. The molecule has 0 aliphatic rings. The van der Waals surface area contributed by atoms with Crippen LogP contribution in [0.3, 0.4) is 0 Å². The highest BCUT2D eigenvalue weighted by Crippen LogP contribution is 2.31. The Morgan fingerprint density at radius 3 is 2.45 bits per heavy atom. The first-order valence-electron chi connectivity index (χ1n) is 9.24. The van der Waals surface area contributed by atoms with Crippen LogP contribution in [0, 0.1) is 0 Å². The van der Waals surface area contributed by atoms with Crippen LogP contribution in [-0.4, -0.2) is 21.2 Å². The van der Waals surface area contributed by atoms with Gasteiger partial charge in [0.15, 0.2) is 0 Å². The summed E-state index contributed by atoms with van der Waals surface area (Å²) in [6.07, 6.45) is -2.16. The van der Waals surface area contributed by atoms with Gasteiger partial charge in [-0.15, -0.1) is 0 Å². The number of benzene rings is 3. The number of aromatic amines is 1.